The number of hydrogen-bond donors (Lipinski definition) is 2. The van der Waals surface area contributed by atoms with Crippen molar-refractivity contribution in [3.8, 4) is 0 Å². The minimum absolute atomic E-state index is 0.109. The highest BCUT2D eigenvalue weighted by Gasteiger charge is 2.18. The van der Waals surface area contributed by atoms with E-state index in [0.29, 0.717) is 12.4 Å². The lowest BCUT2D eigenvalue weighted by Gasteiger charge is -2.20. The summed E-state index contributed by atoms with van der Waals surface area (Å²) >= 11 is 1.79. The third-order valence-electron chi connectivity index (χ3n) is 1.97. The van der Waals surface area contributed by atoms with E-state index in [-0.39, 0.29) is 17.4 Å². The summed E-state index contributed by atoms with van der Waals surface area (Å²) in [4.78, 5) is 17.9. The van der Waals surface area contributed by atoms with Crippen LogP contribution in [0, 0.1) is 0 Å². The van der Waals surface area contributed by atoms with Gasteiger partial charge >= 0.3 is 0 Å². The number of rotatable bonds is 1. The Bertz CT molecular complexity index is 373. The number of ether oxygens (including phenoxy) is 1. The molecule has 1 aromatic rings. The molecule has 0 aliphatic carbocycles. The Morgan fingerprint density at radius 3 is 3.21 bits per heavy atom. The number of aromatic amines is 1. The number of hydrogen-bond acceptors (Lipinski definition) is 5. The first-order valence-electron chi connectivity index (χ1n) is 4.31. The molecule has 1 atom stereocenters. The molecule has 76 valence electrons. The van der Waals surface area contributed by atoms with Crippen molar-refractivity contribution >= 4 is 17.4 Å². The van der Waals surface area contributed by atoms with Crippen LogP contribution in [-0.2, 0) is 4.74 Å². The molecular formula is C8H11N3O2S. The first-order chi connectivity index (χ1) is 6.77. The van der Waals surface area contributed by atoms with Gasteiger partial charge in [-0.25, -0.2) is 4.98 Å². The Morgan fingerprint density at radius 1 is 1.71 bits per heavy atom. The number of aromatic nitrogens is 2. The van der Waals surface area contributed by atoms with Crippen molar-refractivity contribution in [3.05, 3.63) is 22.4 Å². The van der Waals surface area contributed by atoms with E-state index in [0.717, 1.165) is 11.5 Å². The summed E-state index contributed by atoms with van der Waals surface area (Å²) in [5.41, 5.74) is 5.21. The lowest BCUT2D eigenvalue weighted by molar-refractivity contribution is 0.0693. The summed E-state index contributed by atoms with van der Waals surface area (Å²) in [5, 5.41) is 0. The maximum atomic E-state index is 11.2. The van der Waals surface area contributed by atoms with Crippen LogP contribution >= 0.6 is 11.8 Å². The lowest BCUT2D eigenvalue weighted by atomic mass is 10.3. The summed E-state index contributed by atoms with van der Waals surface area (Å²) in [6, 6.07) is 0. The Kier molecular flexibility index (Phi) is 2.74. The molecule has 1 aliphatic rings. The molecule has 2 heterocycles. The van der Waals surface area contributed by atoms with E-state index in [2.05, 4.69) is 9.97 Å². The molecule has 6 heteroatoms. The summed E-state index contributed by atoms with van der Waals surface area (Å²) in [6.07, 6.45) is 1.26. The van der Waals surface area contributed by atoms with Gasteiger partial charge in [-0.2, -0.15) is 11.8 Å². The van der Waals surface area contributed by atoms with Crippen LogP contribution in [0.5, 0.6) is 0 Å². The van der Waals surface area contributed by atoms with Gasteiger partial charge < -0.3 is 15.5 Å². The zero-order chi connectivity index (χ0) is 9.97. The maximum Gasteiger partial charge on any atom is 0.274 e. The summed E-state index contributed by atoms with van der Waals surface area (Å²) in [6.45, 7) is 0.698. The predicted octanol–water partition coefficient (Wildman–Crippen LogP) is 0.157. The number of anilines is 1. The van der Waals surface area contributed by atoms with Crippen molar-refractivity contribution in [2.45, 2.75) is 6.10 Å². The molecule has 1 fully saturated rings. The van der Waals surface area contributed by atoms with Crippen LogP contribution in [0.4, 0.5) is 5.69 Å². The van der Waals surface area contributed by atoms with Crippen molar-refractivity contribution in [2.24, 2.45) is 0 Å². The number of nitrogens with two attached hydrogens (primary N) is 1. The van der Waals surface area contributed by atoms with Crippen molar-refractivity contribution in [1.29, 1.82) is 0 Å². The molecule has 0 saturated carbocycles. The molecule has 1 saturated heterocycles. The van der Waals surface area contributed by atoms with Gasteiger partial charge in [0.2, 0.25) is 0 Å². The molecule has 0 aromatic carbocycles. The van der Waals surface area contributed by atoms with Gasteiger partial charge in [0, 0.05) is 11.5 Å². The van der Waals surface area contributed by atoms with Gasteiger partial charge in [0.1, 0.15) is 17.6 Å². The van der Waals surface area contributed by atoms with E-state index < -0.39 is 0 Å². The van der Waals surface area contributed by atoms with E-state index in [9.17, 15) is 4.79 Å². The Labute approximate surface area is 85.1 Å². The van der Waals surface area contributed by atoms with Crippen LogP contribution in [0.2, 0.25) is 0 Å². The lowest BCUT2D eigenvalue weighted by Crippen LogP contribution is -2.22. The van der Waals surface area contributed by atoms with Gasteiger partial charge in [0.15, 0.2) is 0 Å². The monoisotopic (exact) mass is 213 g/mol. The average molecular weight is 213 g/mol. The van der Waals surface area contributed by atoms with Gasteiger partial charge in [0.25, 0.3) is 5.56 Å². The first-order valence-corrected chi connectivity index (χ1v) is 5.47. The standard InChI is InChI=1S/C8H11N3O2S/c9-5-3-10-7(11-8(5)12)6-4-14-2-1-13-6/h3,6H,1-2,4,9H2,(H,10,11,12). The molecule has 0 amide bonds. The minimum atomic E-state index is -0.297. The van der Waals surface area contributed by atoms with Gasteiger partial charge in [-0.1, -0.05) is 0 Å². The molecule has 0 radical (unpaired) electrons. The molecule has 3 N–H and O–H groups in total. The Hall–Kier alpha value is -1.01. The fourth-order valence-corrected chi connectivity index (χ4v) is 2.08. The quantitative estimate of drug-likeness (QED) is 0.694. The smallest absolute Gasteiger partial charge is 0.274 e. The highest BCUT2D eigenvalue weighted by Crippen LogP contribution is 2.23. The summed E-state index contributed by atoms with van der Waals surface area (Å²) < 4.78 is 5.46. The molecule has 0 bridgehead atoms. The zero-order valence-corrected chi connectivity index (χ0v) is 8.34. The van der Waals surface area contributed by atoms with Crippen LogP contribution in [0.25, 0.3) is 0 Å². The Balaban J connectivity index is 2.23. The van der Waals surface area contributed by atoms with Crippen molar-refractivity contribution < 1.29 is 4.74 Å². The number of H-pyrrole nitrogens is 1. The van der Waals surface area contributed by atoms with E-state index in [1.807, 2.05) is 0 Å². The fourth-order valence-electron chi connectivity index (χ4n) is 1.23. The third-order valence-corrected chi connectivity index (χ3v) is 2.96. The van der Waals surface area contributed by atoms with Crippen molar-refractivity contribution in [3.63, 3.8) is 0 Å². The number of nitrogens with one attached hydrogen (secondary N) is 1. The fraction of sp³-hybridized carbons (Fsp3) is 0.500. The van der Waals surface area contributed by atoms with Gasteiger partial charge in [-0.05, 0) is 0 Å². The number of thioether (sulfide) groups is 1. The first kappa shape index (κ1) is 9.54. The largest absolute Gasteiger partial charge is 0.393 e. The molecule has 1 aliphatic heterocycles. The predicted molar refractivity (Wildman–Crippen MR) is 55.3 cm³/mol. The second-order valence-corrected chi connectivity index (χ2v) is 4.14. The molecule has 14 heavy (non-hydrogen) atoms. The number of nitrogen functional groups attached to an aromatic ring is 1. The molecular weight excluding hydrogens is 202 g/mol. The highest BCUT2D eigenvalue weighted by molar-refractivity contribution is 7.99. The Morgan fingerprint density at radius 2 is 2.57 bits per heavy atom. The van der Waals surface area contributed by atoms with E-state index in [1.165, 1.54) is 6.20 Å². The van der Waals surface area contributed by atoms with E-state index >= 15 is 0 Å². The normalized spacial score (nSPS) is 22.1. The summed E-state index contributed by atoms with van der Waals surface area (Å²) in [5.74, 6) is 2.39. The molecule has 0 spiro atoms. The van der Waals surface area contributed by atoms with Crippen LogP contribution < -0.4 is 11.3 Å². The van der Waals surface area contributed by atoms with Crippen LogP contribution in [0.3, 0.4) is 0 Å². The minimum Gasteiger partial charge on any atom is -0.393 e. The van der Waals surface area contributed by atoms with Crippen LogP contribution in [-0.4, -0.2) is 28.1 Å². The molecule has 5 nitrogen and oxygen atoms in total. The molecule has 1 aromatic heterocycles. The maximum absolute atomic E-state index is 11.2. The SMILES string of the molecule is Nc1cnc(C2CSCCO2)[nH]c1=O. The van der Waals surface area contributed by atoms with Gasteiger partial charge in [-0.3, -0.25) is 4.79 Å². The van der Waals surface area contributed by atoms with E-state index in [4.69, 9.17) is 10.5 Å². The molecule has 1 unspecified atom stereocenters. The molecule has 2 rings (SSSR count). The topological polar surface area (TPSA) is 81.0 Å². The second kappa shape index (κ2) is 4.02. The van der Waals surface area contributed by atoms with Crippen LogP contribution in [0.15, 0.2) is 11.0 Å². The average Bonchev–Trinajstić information content (AvgIpc) is 2.23. The number of nitrogens with zero attached hydrogens (tertiary/aromatic N) is 1. The third kappa shape index (κ3) is 1.91. The van der Waals surface area contributed by atoms with Crippen molar-refractivity contribution in [1.82, 2.24) is 9.97 Å². The highest BCUT2D eigenvalue weighted by atomic mass is 32.2. The van der Waals surface area contributed by atoms with Crippen molar-refractivity contribution in [2.75, 3.05) is 23.8 Å². The van der Waals surface area contributed by atoms with Crippen LogP contribution in [0.1, 0.15) is 11.9 Å². The summed E-state index contributed by atoms with van der Waals surface area (Å²) in [7, 11) is 0. The van der Waals surface area contributed by atoms with Gasteiger partial charge in [0.05, 0.1) is 12.8 Å². The van der Waals surface area contributed by atoms with E-state index in [1.54, 1.807) is 11.8 Å². The van der Waals surface area contributed by atoms with Gasteiger partial charge in [-0.15, -0.1) is 0 Å². The zero-order valence-electron chi connectivity index (χ0n) is 7.53. The second-order valence-electron chi connectivity index (χ2n) is 2.99.